The summed E-state index contributed by atoms with van der Waals surface area (Å²) >= 11 is 0. The standard InChI is InChI=1S/C20H34N4O2.HI/c1-17-7-9-24(10-8-17)20(21)22-16-18-5-4-6-19(15-18)26-14-12-23(2)11-13-25-3;/h4-6,15,17H,7-14,16H2,1-3H3,(H2,21,22);1H. The van der Waals surface area contributed by atoms with E-state index in [9.17, 15) is 0 Å². The molecule has 1 aliphatic rings. The molecule has 0 aromatic heterocycles. The zero-order chi connectivity index (χ0) is 18.8. The molecule has 0 amide bonds. The lowest BCUT2D eigenvalue weighted by Gasteiger charge is -2.31. The van der Waals surface area contributed by atoms with E-state index in [0.717, 1.165) is 50.0 Å². The first kappa shape index (κ1) is 24.0. The lowest BCUT2D eigenvalue weighted by Crippen LogP contribution is -2.42. The van der Waals surface area contributed by atoms with Gasteiger partial charge in [0.25, 0.3) is 0 Å². The Labute approximate surface area is 181 Å². The number of aliphatic imine (C=N–C) groups is 1. The maximum Gasteiger partial charge on any atom is 0.191 e. The van der Waals surface area contributed by atoms with Gasteiger partial charge in [0.1, 0.15) is 12.4 Å². The molecule has 0 bridgehead atoms. The second kappa shape index (κ2) is 13.2. The van der Waals surface area contributed by atoms with E-state index < -0.39 is 0 Å². The number of benzene rings is 1. The number of methoxy groups -OCH3 is 1. The quantitative estimate of drug-likeness (QED) is 0.328. The zero-order valence-electron chi connectivity index (χ0n) is 16.9. The molecule has 7 heteroatoms. The average Bonchev–Trinajstić information content (AvgIpc) is 2.65. The molecular weight excluding hydrogens is 455 g/mol. The summed E-state index contributed by atoms with van der Waals surface area (Å²) in [6.07, 6.45) is 2.39. The third kappa shape index (κ3) is 9.12. The van der Waals surface area contributed by atoms with Gasteiger partial charge in [0.15, 0.2) is 5.96 Å². The molecule has 0 aliphatic carbocycles. The Morgan fingerprint density at radius 3 is 2.67 bits per heavy atom. The summed E-state index contributed by atoms with van der Waals surface area (Å²) < 4.78 is 10.9. The molecule has 2 rings (SSSR count). The number of hydrogen-bond acceptors (Lipinski definition) is 4. The minimum atomic E-state index is 0. The van der Waals surface area contributed by atoms with Crippen molar-refractivity contribution in [1.82, 2.24) is 9.80 Å². The van der Waals surface area contributed by atoms with Crippen LogP contribution < -0.4 is 10.5 Å². The van der Waals surface area contributed by atoms with Gasteiger partial charge in [-0.1, -0.05) is 19.1 Å². The number of guanidine groups is 1. The number of likely N-dealkylation sites (N-methyl/N-ethyl adjacent to an activating group) is 1. The monoisotopic (exact) mass is 490 g/mol. The van der Waals surface area contributed by atoms with E-state index in [4.69, 9.17) is 15.2 Å². The van der Waals surface area contributed by atoms with Crippen molar-refractivity contribution >= 4 is 29.9 Å². The van der Waals surface area contributed by atoms with Crippen molar-refractivity contribution in [2.75, 3.05) is 53.6 Å². The smallest absolute Gasteiger partial charge is 0.191 e. The van der Waals surface area contributed by atoms with Crippen LogP contribution in [0.1, 0.15) is 25.3 Å². The molecule has 1 aliphatic heterocycles. The molecular formula is C20H35IN4O2. The second-order valence-corrected chi connectivity index (χ2v) is 7.14. The van der Waals surface area contributed by atoms with Gasteiger partial charge in [0.05, 0.1) is 13.2 Å². The van der Waals surface area contributed by atoms with Crippen LogP contribution in [0.15, 0.2) is 29.3 Å². The van der Waals surface area contributed by atoms with E-state index in [1.54, 1.807) is 7.11 Å². The summed E-state index contributed by atoms with van der Waals surface area (Å²) in [6, 6.07) is 8.10. The molecule has 154 valence electrons. The topological polar surface area (TPSA) is 63.3 Å². The first-order valence-corrected chi connectivity index (χ1v) is 9.52. The predicted octanol–water partition coefficient (Wildman–Crippen LogP) is 2.81. The van der Waals surface area contributed by atoms with Gasteiger partial charge in [-0.05, 0) is 43.5 Å². The Morgan fingerprint density at radius 1 is 1.26 bits per heavy atom. The van der Waals surface area contributed by atoms with Crippen molar-refractivity contribution in [1.29, 1.82) is 0 Å². The van der Waals surface area contributed by atoms with E-state index in [2.05, 4.69) is 34.8 Å². The summed E-state index contributed by atoms with van der Waals surface area (Å²) in [5.74, 6) is 2.33. The van der Waals surface area contributed by atoms with Gasteiger partial charge >= 0.3 is 0 Å². The van der Waals surface area contributed by atoms with Gasteiger partial charge in [-0.25, -0.2) is 4.99 Å². The first-order chi connectivity index (χ1) is 12.6. The molecule has 1 fully saturated rings. The molecule has 1 aromatic rings. The van der Waals surface area contributed by atoms with Crippen molar-refractivity contribution in [2.45, 2.75) is 26.3 Å². The molecule has 27 heavy (non-hydrogen) atoms. The van der Waals surface area contributed by atoms with Crippen LogP contribution in [-0.2, 0) is 11.3 Å². The van der Waals surface area contributed by atoms with Crippen molar-refractivity contribution < 1.29 is 9.47 Å². The third-order valence-corrected chi connectivity index (χ3v) is 4.85. The SMILES string of the molecule is COCCN(C)CCOc1cccc(CN=C(N)N2CCC(C)CC2)c1.I. The van der Waals surface area contributed by atoms with Gasteiger partial charge < -0.3 is 25.0 Å². The first-order valence-electron chi connectivity index (χ1n) is 9.52. The fourth-order valence-corrected chi connectivity index (χ4v) is 2.92. The summed E-state index contributed by atoms with van der Waals surface area (Å²) in [6.45, 7) is 8.07. The van der Waals surface area contributed by atoms with Crippen LogP contribution >= 0.6 is 24.0 Å². The van der Waals surface area contributed by atoms with Gasteiger partial charge in [-0.2, -0.15) is 0 Å². The zero-order valence-corrected chi connectivity index (χ0v) is 19.2. The minimum Gasteiger partial charge on any atom is -0.492 e. The normalized spacial score (nSPS) is 15.7. The summed E-state index contributed by atoms with van der Waals surface area (Å²) in [5.41, 5.74) is 7.28. The predicted molar refractivity (Wildman–Crippen MR) is 122 cm³/mol. The number of hydrogen-bond donors (Lipinski definition) is 1. The summed E-state index contributed by atoms with van der Waals surface area (Å²) in [7, 11) is 3.79. The number of halogens is 1. The maximum absolute atomic E-state index is 6.16. The molecule has 0 unspecified atom stereocenters. The fourth-order valence-electron chi connectivity index (χ4n) is 2.92. The highest BCUT2D eigenvalue weighted by molar-refractivity contribution is 14.0. The van der Waals surface area contributed by atoms with Crippen LogP contribution in [0.5, 0.6) is 5.75 Å². The molecule has 1 aromatic carbocycles. The van der Waals surface area contributed by atoms with Gasteiger partial charge in [0, 0.05) is 33.3 Å². The van der Waals surface area contributed by atoms with E-state index >= 15 is 0 Å². The molecule has 2 N–H and O–H groups in total. The van der Waals surface area contributed by atoms with Gasteiger partial charge in [0.2, 0.25) is 0 Å². The van der Waals surface area contributed by atoms with Gasteiger partial charge in [-0.15, -0.1) is 24.0 Å². The minimum absolute atomic E-state index is 0. The number of nitrogens with two attached hydrogens (primary N) is 1. The van der Waals surface area contributed by atoms with E-state index in [-0.39, 0.29) is 24.0 Å². The number of piperidine rings is 1. The van der Waals surface area contributed by atoms with Crippen LogP contribution in [-0.4, -0.2) is 69.3 Å². The third-order valence-electron chi connectivity index (χ3n) is 4.85. The molecule has 0 atom stereocenters. The van der Waals surface area contributed by atoms with Gasteiger partial charge in [-0.3, -0.25) is 0 Å². The number of likely N-dealkylation sites (tertiary alicyclic amines) is 1. The molecule has 1 heterocycles. The van der Waals surface area contributed by atoms with Crippen LogP contribution in [0.25, 0.3) is 0 Å². The summed E-state index contributed by atoms with van der Waals surface area (Å²) in [5, 5.41) is 0. The van der Waals surface area contributed by atoms with Crippen LogP contribution in [0.2, 0.25) is 0 Å². The molecule has 1 saturated heterocycles. The number of rotatable bonds is 9. The maximum atomic E-state index is 6.16. The van der Waals surface area contributed by atoms with Crippen molar-refractivity contribution in [3.05, 3.63) is 29.8 Å². The Kier molecular flexibility index (Phi) is 11.7. The molecule has 6 nitrogen and oxygen atoms in total. The lowest BCUT2D eigenvalue weighted by atomic mass is 10.00. The van der Waals surface area contributed by atoms with Crippen LogP contribution in [0, 0.1) is 5.92 Å². The lowest BCUT2D eigenvalue weighted by molar-refractivity contribution is 0.150. The highest BCUT2D eigenvalue weighted by Crippen LogP contribution is 2.17. The fraction of sp³-hybridized carbons (Fsp3) is 0.650. The van der Waals surface area contributed by atoms with Crippen molar-refractivity contribution in [3.8, 4) is 5.75 Å². The van der Waals surface area contributed by atoms with E-state index in [0.29, 0.717) is 19.1 Å². The average molecular weight is 490 g/mol. The molecule has 0 radical (unpaired) electrons. The largest absolute Gasteiger partial charge is 0.492 e. The van der Waals surface area contributed by atoms with E-state index in [1.165, 1.54) is 12.8 Å². The second-order valence-electron chi connectivity index (χ2n) is 7.14. The van der Waals surface area contributed by atoms with Crippen molar-refractivity contribution in [2.24, 2.45) is 16.6 Å². The highest BCUT2D eigenvalue weighted by Gasteiger charge is 2.16. The number of nitrogens with zero attached hydrogens (tertiary/aromatic N) is 3. The Morgan fingerprint density at radius 2 is 1.96 bits per heavy atom. The molecule has 0 spiro atoms. The highest BCUT2D eigenvalue weighted by atomic mass is 127. The number of ether oxygens (including phenoxy) is 2. The van der Waals surface area contributed by atoms with Crippen LogP contribution in [0.3, 0.4) is 0 Å². The van der Waals surface area contributed by atoms with E-state index in [1.807, 2.05) is 18.2 Å². The summed E-state index contributed by atoms with van der Waals surface area (Å²) in [4.78, 5) is 8.95. The van der Waals surface area contributed by atoms with Crippen molar-refractivity contribution in [3.63, 3.8) is 0 Å². The molecule has 0 saturated carbocycles. The van der Waals surface area contributed by atoms with Crippen LogP contribution in [0.4, 0.5) is 0 Å². The Hall–Kier alpha value is -1.06. The Bertz CT molecular complexity index is 563. The Balaban J connectivity index is 0.00000364.